The van der Waals surface area contributed by atoms with Crippen molar-refractivity contribution in [1.29, 1.82) is 0 Å². The third kappa shape index (κ3) is 5.51. The van der Waals surface area contributed by atoms with E-state index in [1.54, 1.807) is 18.4 Å². The number of hydrogen-bond donors (Lipinski definition) is 2. The number of rotatable bonds is 7. The van der Waals surface area contributed by atoms with Gasteiger partial charge in [-0.05, 0) is 11.4 Å². The molecular weight excluding hydrogens is 212 g/mol. The quantitative estimate of drug-likeness (QED) is 0.672. The monoisotopic (exact) mass is 228 g/mol. The van der Waals surface area contributed by atoms with E-state index in [-0.39, 0.29) is 5.91 Å². The van der Waals surface area contributed by atoms with Gasteiger partial charge >= 0.3 is 0 Å². The predicted octanol–water partition coefficient (Wildman–Crippen LogP) is 0.600. The van der Waals surface area contributed by atoms with Crippen molar-refractivity contribution in [3.05, 3.63) is 22.4 Å². The highest BCUT2D eigenvalue weighted by atomic mass is 32.1. The Morgan fingerprint density at radius 2 is 2.47 bits per heavy atom. The summed E-state index contributed by atoms with van der Waals surface area (Å²) in [7, 11) is 1.61. The highest BCUT2D eigenvalue weighted by Crippen LogP contribution is 2.06. The van der Waals surface area contributed by atoms with Crippen molar-refractivity contribution in [1.82, 2.24) is 10.6 Å². The molecule has 0 atom stereocenters. The highest BCUT2D eigenvalue weighted by Gasteiger charge is 1.99. The van der Waals surface area contributed by atoms with E-state index in [4.69, 9.17) is 4.74 Å². The van der Waals surface area contributed by atoms with Gasteiger partial charge in [-0.3, -0.25) is 4.79 Å². The molecule has 5 heteroatoms. The maximum atomic E-state index is 11.2. The number of nitrogens with one attached hydrogen (secondary N) is 2. The maximum Gasteiger partial charge on any atom is 0.234 e. The smallest absolute Gasteiger partial charge is 0.234 e. The first-order chi connectivity index (χ1) is 7.33. The second-order valence-electron chi connectivity index (χ2n) is 3.03. The van der Waals surface area contributed by atoms with Crippen LogP contribution in [0.1, 0.15) is 4.88 Å². The molecule has 0 aromatic carbocycles. The normalized spacial score (nSPS) is 10.2. The van der Waals surface area contributed by atoms with E-state index in [0.29, 0.717) is 19.7 Å². The number of carbonyl (C=O) groups excluding carboxylic acids is 1. The van der Waals surface area contributed by atoms with E-state index in [1.807, 2.05) is 17.5 Å². The Morgan fingerprint density at radius 3 is 3.13 bits per heavy atom. The third-order valence-electron chi connectivity index (χ3n) is 1.79. The molecule has 1 heterocycles. The van der Waals surface area contributed by atoms with Gasteiger partial charge in [0, 0.05) is 25.1 Å². The molecule has 0 radical (unpaired) electrons. The van der Waals surface area contributed by atoms with Crippen molar-refractivity contribution < 1.29 is 9.53 Å². The minimum Gasteiger partial charge on any atom is -0.383 e. The third-order valence-corrected chi connectivity index (χ3v) is 2.67. The largest absolute Gasteiger partial charge is 0.383 e. The van der Waals surface area contributed by atoms with Gasteiger partial charge in [0.25, 0.3) is 0 Å². The molecule has 0 saturated carbocycles. The Morgan fingerprint density at radius 1 is 1.60 bits per heavy atom. The van der Waals surface area contributed by atoms with Gasteiger partial charge in [-0.1, -0.05) is 6.07 Å². The van der Waals surface area contributed by atoms with Gasteiger partial charge in [-0.2, -0.15) is 0 Å². The molecule has 0 unspecified atom stereocenters. The summed E-state index contributed by atoms with van der Waals surface area (Å²) >= 11 is 1.68. The molecule has 15 heavy (non-hydrogen) atoms. The van der Waals surface area contributed by atoms with Crippen LogP contribution in [0.2, 0.25) is 0 Å². The molecule has 1 aromatic heterocycles. The first-order valence-electron chi connectivity index (χ1n) is 4.81. The summed E-state index contributed by atoms with van der Waals surface area (Å²) in [4.78, 5) is 12.5. The molecular formula is C10H16N2O2S. The fraction of sp³-hybridized carbons (Fsp3) is 0.500. The fourth-order valence-electron chi connectivity index (χ4n) is 1.07. The Bertz CT molecular complexity index is 275. The van der Waals surface area contributed by atoms with Crippen molar-refractivity contribution in [2.24, 2.45) is 0 Å². The van der Waals surface area contributed by atoms with Crippen LogP contribution in [-0.2, 0) is 16.1 Å². The fourth-order valence-corrected chi connectivity index (χ4v) is 1.74. The minimum atomic E-state index is 0.00334. The van der Waals surface area contributed by atoms with E-state index < -0.39 is 0 Å². The lowest BCUT2D eigenvalue weighted by Crippen LogP contribution is -2.35. The summed E-state index contributed by atoms with van der Waals surface area (Å²) in [5, 5.41) is 7.84. The van der Waals surface area contributed by atoms with E-state index in [1.165, 1.54) is 4.88 Å². The first kappa shape index (κ1) is 12.2. The molecule has 84 valence electrons. The van der Waals surface area contributed by atoms with Gasteiger partial charge in [0.05, 0.1) is 13.2 Å². The van der Waals surface area contributed by atoms with Crippen LogP contribution in [0.4, 0.5) is 0 Å². The highest BCUT2D eigenvalue weighted by molar-refractivity contribution is 7.09. The molecule has 0 aliphatic heterocycles. The second kappa shape index (κ2) is 7.39. The molecule has 0 bridgehead atoms. The number of methoxy groups -OCH3 is 1. The summed E-state index contributed by atoms with van der Waals surface area (Å²) in [5.41, 5.74) is 0. The van der Waals surface area contributed by atoms with E-state index in [0.717, 1.165) is 6.54 Å². The molecule has 1 aromatic rings. The Hall–Kier alpha value is -0.910. The molecule has 0 saturated heterocycles. The van der Waals surface area contributed by atoms with E-state index in [9.17, 15) is 4.79 Å². The topological polar surface area (TPSA) is 50.4 Å². The van der Waals surface area contributed by atoms with E-state index in [2.05, 4.69) is 10.6 Å². The predicted molar refractivity (Wildman–Crippen MR) is 60.9 cm³/mol. The van der Waals surface area contributed by atoms with Crippen LogP contribution >= 0.6 is 11.3 Å². The van der Waals surface area contributed by atoms with Gasteiger partial charge < -0.3 is 15.4 Å². The summed E-state index contributed by atoms with van der Waals surface area (Å²) < 4.78 is 4.82. The van der Waals surface area contributed by atoms with Crippen molar-refractivity contribution in [3.8, 4) is 0 Å². The number of carbonyl (C=O) groups is 1. The summed E-state index contributed by atoms with van der Waals surface area (Å²) in [6.45, 7) is 2.21. The Kier molecular flexibility index (Phi) is 5.99. The van der Waals surface area contributed by atoms with Crippen LogP contribution in [0.3, 0.4) is 0 Å². The second-order valence-corrected chi connectivity index (χ2v) is 4.06. The van der Waals surface area contributed by atoms with Crippen molar-refractivity contribution >= 4 is 17.2 Å². The summed E-state index contributed by atoms with van der Waals surface area (Å²) in [5.74, 6) is 0.00334. The molecule has 0 aliphatic rings. The molecule has 1 rings (SSSR count). The van der Waals surface area contributed by atoms with Gasteiger partial charge in [0.1, 0.15) is 0 Å². The van der Waals surface area contributed by atoms with Gasteiger partial charge in [-0.15, -0.1) is 11.3 Å². The molecule has 0 aliphatic carbocycles. The average Bonchev–Trinajstić information content (AvgIpc) is 2.71. The van der Waals surface area contributed by atoms with Crippen molar-refractivity contribution in [2.45, 2.75) is 6.54 Å². The lowest BCUT2D eigenvalue weighted by atomic mass is 10.4. The van der Waals surface area contributed by atoms with Crippen molar-refractivity contribution in [3.63, 3.8) is 0 Å². The average molecular weight is 228 g/mol. The number of ether oxygens (including phenoxy) is 1. The number of hydrogen-bond acceptors (Lipinski definition) is 4. The van der Waals surface area contributed by atoms with E-state index >= 15 is 0 Å². The standard InChI is InChI=1S/C10H16N2O2S/c1-14-5-4-12-10(13)8-11-7-9-3-2-6-15-9/h2-3,6,11H,4-5,7-8H2,1H3,(H,12,13). The molecule has 1 amide bonds. The van der Waals surface area contributed by atoms with Crippen LogP contribution in [0, 0.1) is 0 Å². The Labute approximate surface area is 93.6 Å². The number of amides is 1. The zero-order valence-corrected chi connectivity index (χ0v) is 9.60. The SMILES string of the molecule is COCCNC(=O)CNCc1cccs1. The summed E-state index contributed by atoms with van der Waals surface area (Å²) in [6.07, 6.45) is 0. The van der Waals surface area contributed by atoms with Gasteiger partial charge in [0.15, 0.2) is 0 Å². The van der Waals surface area contributed by atoms with Crippen LogP contribution in [0.15, 0.2) is 17.5 Å². The maximum absolute atomic E-state index is 11.2. The van der Waals surface area contributed by atoms with Gasteiger partial charge in [-0.25, -0.2) is 0 Å². The minimum absolute atomic E-state index is 0.00334. The van der Waals surface area contributed by atoms with Crippen LogP contribution in [0.25, 0.3) is 0 Å². The molecule has 0 spiro atoms. The first-order valence-corrected chi connectivity index (χ1v) is 5.69. The zero-order valence-electron chi connectivity index (χ0n) is 8.79. The van der Waals surface area contributed by atoms with Crippen LogP contribution < -0.4 is 10.6 Å². The Balaban J connectivity index is 2.02. The molecule has 2 N–H and O–H groups in total. The lowest BCUT2D eigenvalue weighted by Gasteiger charge is -2.05. The van der Waals surface area contributed by atoms with Crippen LogP contribution in [0.5, 0.6) is 0 Å². The molecule has 4 nitrogen and oxygen atoms in total. The van der Waals surface area contributed by atoms with Gasteiger partial charge in [0.2, 0.25) is 5.91 Å². The number of thiophene rings is 1. The van der Waals surface area contributed by atoms with Crippen LogP contribution in [-0.4, -0.2) is 32.7 Å². The van der Waals surface area contributed by atoms with Crippen molar-refractivity contribution in [2.75, 3.05) is 26.8 Å². The zero-order chi connectivity index (χ0) is 10.9. The lowest BCUT2D eigenvalue weighted by molar-refractivity contribution is -0.120. The molecule has 0 fully saturated rings. The summed E-state index contributed by atoms with van der Waals surface area (Å²) in [6, 6.07) is 4.04.